The zero-order chi connectivity index (χ0) is 18.1. The number of likely N-dealkylation sites (N-methyl/N-ethyl adjacent to an activating group) is 1. The molecule has 0 fully saturated rings. The summed E-state index contributed by atoms with van der Waals surface area (Å²) in [5.41, 5.74) is 2.20. The molecule has 0 aliphatic carbocycles. The minimum Gasteiger partial charge on any atom is -0.497 e. The summed E-state index contributed by atoms with van der Waals surface area (Å²) >= 11 is 0. The Morgan fingerprint density at radius 3 is 2.56 bits per heavy atom. The standard InChI is InChI=1S/C18H30N4O2.HI/c1-7-14(3)21-18(20-12-17(23)22(4)5)19-11-15-8-13(2)9-16(10-15)24-6;/h8-10,14H,7,11-12H2,1-6H3,(H2,19,20,21);1H. The van der Waals surface area contributed by atoms with Crippen molar-refractivity contribution >= 4 is 35.8 Å². The summed E-state index contributed by atoms with van der Waals surface area (Å²) in [6.45, 7) is 6.95. The van der Waals surface area contributed by atoms with Gasteiger partial charge in [-0.25, -0.2) is 4.99 Å². The number of methoxy groups -OCH3 is 1. The van der Waals surface area contributed by atoms with Crippen molar-refractivity contribution in [3.05, 3.63) is 29.3 Å². The van der Waals surface area contributed by atoms with Crippen molar-refractivity contribution in [3.8, 4) is 5.75 Å². The van der Waals surface area contributed by atoms with Crippen molar-refractivity contribution in [1.82, 2.24) is 15.5 Å². The molecule has 0 bridgehead atoms. The first kappa shape index (κ1) is 23.5. The number of hydrogen-bond donors (Lipinski definition) is 2. The number of nitrogens with zero attached hydrogens (tertiary/aromatic N) is 2. The number of carbonyl (C=O) groups excluding carboxylic acids is 1. The van der Waals surface area contributed by atoms with E-state index in [0.717, 1.165) is 23.3 Å². The minimum atomic E-state index is 0. The number of rotatable bonds is 7. The number of carbonyl (C=O) groups is 1. The van der Waals surface area contributed by atoms with Crippen LogP contribution in [0, 0.1) is 6.92 Å². The molecule has 0 aromatic heterocycles. The van der Waals surface area contributed by atoms with Crippen LogP contribution in [-0.2, 0) is 11.3 Å². The molecule has 1 aromatic rings. The molecule has 0 heterocycles. The largest absolute Gasteiger partial charge is 0.497 e. The molecule has 0 aliphatic heterocycles. The van der Waals surface area contributed by atoms with Crippen molar-refractivity contribution in [2.75, 3.05) is 27.7 Å². The number of halogens is 1. The molecule has 1 unspecified atom stereocenters. The maximum absolute atomic E-state index is 11.8. The lowest BCUT2D eigenvalue weighted by atomic mass is 10.1. The van der Waals surface area contributed by atoms with Crippen LogP contribution in [0.4, 0.5) is 0 Å². The molecule has 0 aliphatic rings. The maximum atomic E-state index is 11.8. The second-order valence-electron chi connectivity index (χ2n) is 6.12. The Labute approximate surface area is 168 Å². The fourth-order valence-electron chi connectivity index (χ4n) is 2.01. The van der Waals surface area contributed by atoms with E-state index >= 15 is 0 Å². The highest BCUT2D eigenvalue weighted by Gasteiger charge is 2.08. The third kappa shape index (κ3) is 8.94. The second-order valence-corrected chi connectivity index (χ2v) is 6.12. The maximum Gasteiger partial charge on any atom is 0.241 e. The quantitative estimate of drug-likeness (QED) is 0.372. The summed E-state index contributed by atoms with van der Waals surface area (Å²) in [5, 5.41) is 6.41. The number of benzene rings is 1. The number of guanidine groups is 1. The van der Waals surface area contributed by atoms with Gasteiger partial charge in [-0.05, 0) is 43.5 Å². The third-order valence-corrected chi connectivity index (χ3v) is 3.67. The van der Waals surface area contributed by atoms with Crippen LogP contribution < -0.4 is 15.4 Å². The van der Waals surface area contributed by atoms with E-state index in [-0.39, 0.29) is 42.5 Å². The van der Waals surface area contributed by atoms with Gasteiger partial charge in [0.1, 0.15) is 5.75 Å². The van der Waals surface area contributed by atoms with E-state index in [9.17, 15) is 4.79 Å². The van der Waals surface area contributed by atoms with E-state index in [2.05, 4.69) is 35.5 Å². The van der Waals surface area contributed by atoms with Gasteiger partial charge in [0, 0.05) is 20.1 Å². The fraction of sp³-hybridized carbons (Fsp3) is 0.556. The van der Waals surface area contributed by atoms with Gasteiger partial charge in [0.2, 0.25) is 5.91 Å². The van der Waals surface area contributed by atoms with Gasteiger partial charge in [-0.15, -0.1) is 24.0 Å². The fourth-order valence-corrected chi connectivity index (χ4v) is 2.01. The summed E-state index contributed by atoms with van der Waals surface area (Å²) in [7, 11) is 5.13. The number of hydrogen-bond acceptors (Lipinski definition) is 3. The van der Waals surface area contributed by atoms with Gasteiger partial charge in [-0.2, -0.15) is 0 Å². The van der Waals surface area contributed by atoms with Crippen molar-refractivity contribution in [3.63, 3.8) is 0 Å². The van der Waals surface area contributed by atoms with E-state index in [0.29, 0.717) is 12.5 Å². The molecule has 0 saturated carbocycles. The van der Waals surface area contributed by atoms with Gasteiger partial charge in [0.25, 0.3) is 0 Å². The number of amides is 1. The highest BCUT2D eigenvalue weighted by atomic mass is 127. The Kier molecular flexibility index (Phi) is 11.2. The summed E-state index contributed by atoms with van der Waals surface area (Å²) < 4.78 is 5.30. The summed E-state index contributed by atoms with van der Waals surface area (Å²) in [6, 6.07) is 6.32. The van der Waals surface area contributed by atoms with Gasteiger partial charge < -0.3 is 20.3 Å². The minimum absolute atomic E-state index is 0. The molecular weight excluding hydrogens is 431 g/mol. The molecule has 142 valence electrons. The van der Waals surface area contributed by atoms with Crippen LogP contribution in [0.2, 0.25) is 0 Å². The van der Waals surface area contributed by atoms with E-state index in [1.165, 1.54) is 0 Å². The Hall–Kier alpha value is -1.51. The van der Waals surface area contributed by atoms with Crippen LogP contribution in [0.1, 0.15) is 31.4 Å². The normalized spacial score (nSPS) is 12.0. The Morgan fingerprint density at radius 2 is 2.00 bits per heavy atom. The smallest absolute Gasteiger partial charge is 0.241 e. The highest BCUT2D eigenvalue weighted by molar-refractivity contribution is 14.0. The third-order valence-electron chi connectivity index (χ3n) is 3.67. The summed E-state index contributed by atoms with van der Waals surface area (Å²) in [4.78, 5) is 17.9. The number of aliphatic imine (C=N–C) groups is 1. The molecule has 6 nitrogen and oxygen atoms in total. The molecule has 0 saturated heterocycles. The number of ether oxygens (including phenoxy) is 1. The lowest BCUT2D eigenvalue weighted by molar-refractivity contribution is -0.127. The van der Waals surface area contributed by atoms with Crippen LogP contribution >= 0.6 is 24.0 Å². The van der Waals surface area contributed by atoms with E-state index in [1.807, 2.05) is 19.1 Å². The number of nitrogens with one attached hydrogen (secondary N) is 2. The monoisotopic (exact) mass is 462 g/mol. The van der Waals surface area contributed by atoms with Crippen LogP contribution in [0.25, 0.3) is 0 Å². The zero-order valence-electron chi connectivity index (χ0n) is 16.0. The van der Waals surface area contributed by atoms with E-state index in [1.54, 1.807) is 26.1 Å². The van der Waals surface area contributed by atoms with Crippen LogP contribution in [0.3, 0.4) is 0 Å². The SMILES string of the molecule is CCC(C)NC(=NCc1cc(C)cc(OC)c1)NCC(=O)N(C)C.I. The van der Waals surface area contributed by atoms with Gasteiger partial charge >= 0.3 is 0 Å². The first-order chi connectivity index (χ1) is 11.3. The van der Waals surface area contributed by atoms with E-state index in [4.69, 9.17) is 4.74 Å². The van der Waals surface area contributed by atoms with Crippen LogP contribution in [0.5, 0.6) is 5.75 Å². The first-order valence-corrected chi connectivity index (χ1v) is 8.25. The molecule has 0 spiro atoms. The van der Waals surface area contributed by atoms with E-state index < -0.39 is 0 Å². The van der Waals surface area contributed by atoms with Crippen LogP contribution in [0.15, 0.2) is 23.2 Å². The van der Waals surface area contributed by atoms with Crippen molar-refractivity contribution in [2.24, 2.45) is 4.99 Å². The lowest BCUT2D eigenvalue weighted by Crippen LogP contribution is -2.45. The van der Waals surface area contributed by atoms with Gasteiger partial charge in [-0.3, -0.25) is 4.79 Å². The predicted octanol–water partition coefficient (Wildman–Crippen LogP) is 2.54. The zero-order valence-corrected chi connectivity index (χ0v) is 18.4. The molecule has 1 aromatic carbocycles. The van der Waals surface area contributed by atoms with Gasteiger partial charge in [0.05, 0.1) is 20.2 Å². The van der Waals surface area contributed by atoms with Crippen molar-refractivity contribution in [2.45, 2.75) is 39.8 Å². The molecule has 2 N–H and O–H groups in total. The Morgan fingerprint density at radius 1 is 1.32 bits per heavy atom. The van der Waals surface area contributed by atoms with Crippen LogP contribution in [-0.4, -0.2) is 50.6 Å². The Balaban J connectivity index is 0.00000576. The molecule has 1 amide bonds. The van der Waals surface area contributed by atoms with Crippen molar-refractivity contribution < 1.29 is 9.53 Å². The first-order valence-electron chi connectivity index (χ1n) is 8.25. The highest BCUT2D eigenvalue weighted by Crippen LogP contribution is 2.16. The van der Waals surface area contributed by atoms with Gasteiger partial charge in [0.15, 0.2) is 5.96 Å². The average molecular weight is 462 g/mol. The average Bonchev–Trinajstić information content (AvgIpc) is 2.55. The summed E-state index contributed by atoms with van der Waals surface area (Å²) in [6.07, 6.45) is 0.973. The molecule has 7 heteroatoms. The van der Waals surface area contributed by atoms with Crippen molar-refractivity contribution in [1.29, 1.82) is 0 Å². The van der Waals surface area contributed by atoms with Gasteiger partial charge in [-0.1, -0.05) is 13.0 Å². The molecular formula is C18H31IN4O2. The Bertz CT molecular complexity index is 576. The summed E-state index contributed by atoms with van der Waals surface area (Å²) in [5.74, 6) is 1.47. The number of aryl methyl sites for hydroxylation is 1. The predicted molar refractivity (Wildman–Crippen MR) is 114 cm³/mol. The molecule has 1 atom stereocenters. The molecule has 25 heavy (non-hydrogen) atoms. The molecule has 0 radical (unpaired) electrons. The topological polar surface area (TPSA) is 66.0 Å². The lowest BCUT2D eigenvalue weighted by Gasteiger charge is -2.18. The molecule has 1 rings (SSSR count). The second kappa shape index (κ2) is 11.9.